The van der Waals surface area contributed by atoms with Gasteiger partial charge in [0.15, 0.2) is 0 Å². The molecule has 0 radical (unpaired) electrons. The van der Waals surface area contributed by atoms with Gasteiger partial charge in [0.2, 0.25) is 0 Å². The predicted molar refractivity (Wildman–Crippen MR) is 76.7 cm³/mol. The van der Waals surface area contributed by atoms with Gasteiger partial charge < -0.3 is 9.84 Å². The Bertz CT molecular complexity index is 416. The molecule has 3 nitrogen and oxygen atoms in total. The lowest BCUT2D eigenvalue weighted by molar-refractivity contribution is 0.132. The zero-order valence-corrected chi connectivity index (χ0v) is 11.7. The molecule has 0 saturated heterocycles. The van der Waals surface area contributed by atoms with Crippen molar-refractivity contribution in [2.24, 2.45) is 0 Å². The molecule has 19 heavy (non-hydrogen) atoms. The van der Waals surface area contributed by atoms with Crippen LogP contribution in [-0.4, -0.2) is 23.9 Å². The second kappa shape index (κ2) is 6.73. The Balaban J connectivity index is 2.04. The van der Waals surface area contributed by atoms with E-state index >= 15 is 0 Å². The molecule has 0 amide bonds. The quantitative estimate of drug-likeness (QED) is 0.827. The van der Waals surface area contributed by atoms with Crippen molar-refractivity contribution in [3.63, 3.8) is 0 Å². The largest absolute Gasteiger partial charge is 0.493 e. The monoisotopic (exact) mass is 261 g/mol. The van der Waals surface area contributed by atoms with Crippen LogP contribution < -0.4 is 5.32 Å². The predicted octanol–water partition coefficient (Wildman–Crippen LogP) is 2.78. The molecule has 2 rings (SSSR count). The van der Waals surface area contributed by atoms with Gasteiger partial charge in [-0.3, -0.25) is 5.32 Å². The van der Waals surface area contributed by atoms with Crippen LogP contribution in [0.15, 0.2) is 42.2 Å². The fourth-order valence-electron chi connectivity index (χ4n) is 2.42. The Labute approximate surface area is 115 Å². The highest BCUT2D eigenvalue weighted by Crippen LogP contribution is 2.23. The first-order valence-corrected chi connectivity index (χ1v) is 7.03. The minimum Gasteiger partial charge on any atom is -0.493 e. The van der Waals surface area contributed by atoms with Crippen molar-refractivity contribution in [2.45, 2.75) is 44.9 Å². The summed E-state index contributed by atoms with van der Waals surface area (Å²) in [5.41, 5.74) is 1.11. The highest BCUT2D eigenvalue weighted by Gasteiger charge is 2.23. The van der Waals surface area contributed by atoms with Crippen molar-refractivity contribution in [1.29, 1.82) is 0 Å². The van der Waals surface area contributed by atoms with Crippen LogP contribution in [0.3, 0.4) is 0 Å². The summed E-state index contributed by atoms with van der Waals surface area (Å²) in [7, 11) is 0. The van der Waals surface area contributed by atoms with E-state index in [2.05, 4.69) is 25.2 Å². The van der Waals surface area contributed by atoms with E-state index in [1.807, 2.05) is 30.3 Å². The van der Waals surface area contributed by atoms with Crippen LogP contribution in [0.25, 0.3) is 0 Å². The van der Waals surface area contributed by atoms with E-state index in [-0.39, 0.29) is 24.8 Å². The molecule has 2 N–H and O–H groups in total. The summed E-state index contributed by atoms with van der Waals surface area (Å²) in [4.78, 5) is 0. The van der Waals surface area contributed by atoms with Crippen molar-refractivity contribution in [3.05, 3.63) is 47.7 Å². The molecule has 1 aromatic carbocycles. The Hall–Kier alpha value is -1.32. The van der Waals surface area contributed by atoms with Crippen LogP contribution in [0.4, 0.5) is 0 Å². The van der Waals surface area contributed by atoms with Crippen molar-refractivity contribution < 1.29 is 9.84 Å². The molecule has 1 heterocycles. The van der Waals surface area contributed by atoms with E-state index in [0.29, 0.717) is 0 Å². The first kappa shape index (κ1) is 14.1. The first-order valence-electron chi connectivity index (χ1n) is 7.03. The van der Waals surface area contributed by atoms with Crippen LogP contribution in [0, 0.1) is 0 Å². The SMILES string of the molecule is CC[C@@H](N[C@@H](CO)c1ccccc1)C1=CCC(C)O1. The van der Waals surface area contributed by atoms with E-state index in [9.17, 15) is 5.11 Å². The van der Waals surface area contributed by atoms with Gasteiger partial charge in [0.05, 0.1) is 24.8 Å². The molecular formula is C16H23NO2. The molecule has 0 spiro atoms. The highest BCUT2D eigenvalue weighted by atomic mass is 16.5. The number of nitrogens with one attached hydrogen (secondary N) is 1. The van der Waals surface area contributed by atoms with Gasteiger partial charge in [-0.25, -0.2) is 0 Å². The number of aliphatic hydroxyl groups is 1. The smallest absolute Gasteiger partial charge is 0.109 e. The molecule has 3 heteroatoms. The maximum absolute atomic E-state index is 9.60. The Morgan fingerprint density at radius 2 is 2.05 bits per heavy atom. The molecule has 0 aromatic heterocycles. The number of aliphatic hydroxyl groups excluding tert-OH is 1. The van der Waals surface area contributed by atoms with Gasteiger partial charge >= 0.3 is 0 Å². The van der Waals surface area contributed by atoms with E-state index in [4.69, 9.17) is 4.74 Å². The topological polar surface area (TPSA) is 41.5 Å². The summed E-state index contributed by atoms with van der Waals surface area (Å²) in [6, 6.07) is 10.2. The van der Waals surface area contributed by atoms with E-state index in [0.717, 1.165) is 24.2 Å². The maximum Gasteiger partial charge on any atom is 0.109 e. The minimum absolute atomic E-state index is 0.0495. The zero-order chi connectivity index (χ0) is 13.7. The van der Waals surface area contributed by atoms with Gasteiger partial charge in [-0.05, 0) is 25.0 Å². The Morgan fingerprint density at radius 1 is 1.32 bits per heavy atom. The number of ether oxygens (including phenoxy) is 1. The van der Waals surface area contributed by atoms with Crippen molar-refractivity contribution in [3.8, 4) is 0 Å². The van der Waals surface area contributed by atoms with Crippen molar-refractivity contribution in [2.75, 3.05) is 6.61 Å². The molecule has 0 aliphatic carbocycles. The van der Waals surface area contributed by atoms with Crippen LogP contribution in [0.1, 0.15) is 38.3 Å². The number of benzene rings is 1. The fraction of sp³-hybridized carbons (Fsp3) is 0.500. The van der Waals surface area contributed by atoms with Gasteiger partial charge in [0.25, 0.3) is 0 Å². The lowest BCUT2D eigenvalue weighted by Gasteiger charge is -2.25. The van der Waals surface area contributed by atoms with Crippen LogP contribution in [-0.2, 0) is 4.74 Å². The van der Waals surface area contributed by atoms with Crippen LogP contribution >= 0.6 is 0 Å². The molecule has 0 saturated carbocycles. The lowest BCUT2D eigenvalue weighted by atomic mass is 10.0. The molecule has 104 valence electrons. The van der Waals surface area contributed by atoms with Crippen molar-refractivity contribution >= 4 is 0 Å². The standard InChI is InChI=1S/C16H23NO2/c1-3-14(16-10-9-12(2)19-16)17-15(11-18)13-7-5-4-6-8-13/h4-8,10,12,14-15,17-18H,3,9,11H2,1-2H3/t12?,14-,15+/m1/s1. The summed E-state index contributed by atoms with van der Waals surface area (Å²) >= 11 is 0. The summed E-state index contributed by atoms with van der Waals surface area (Å²) in [6.45, 7) is 4.30. The summed E-state index contributed by atoms with van der Waals surface area (Å²) < 4.78 is 5.81. The molecule has 1 unspecified atom stereocenters. The number of rotatable bonds is 6. The lowest BCUT2D eigenvalue weighted by Crippen LogP contribution is -2.36. The second-order valence-electron chi connectivity index (χ2n) is 5.04. The zero-order valence-electron chi connectivity index (χ0n) is 11.7. The fourth-order valence-corrected chi connectivity index (χ4v) is 2.42. The summed E-state index contributed by atoms with van der Waals surface area (Å²) in [5.74, 6) is 1.02. The molecular weight excluding hydrogens is 238 g/mol. The normalized spacial score (nSPS) is 21.6. The number of hydrogen-bond acceptors (Lipinski definition) is 3. The van der Waals surface area contributed by atoms with Gasteiger partial charge in [-0.2, -0.15) is 0 Å². The van der Waals surface area contributed by atoms with Gasteiger partial charge in [-0.15, -0.1) is 0 Å². The van der Waals surface area contributed by atoms with Gasteiger partial charge in [0.1, 0.15) is 5.76 Å². The molecule has 1 aromatic rings. The number of hydrogen-bond donors (Lipinski definition) is 2. The second-order valence-corrected chi connectivity index (χ2v) is 5.04. The first-order chi connectivity index (χ1) is 9.24. The third-order valence-corrected chi connectivity index (χ3v) is 3.53. The molecule has 0 bridgehead atoms. The molecule has 1 aliphatic rings. The molecule has 3 atom stereocenters. The van der Waals surface area contributed by atoms with Gasteiger partial charge in [0, 0.05) is 6.42 Å². The third kappa shape index (κ3) is 3.58. The molecule has 0 fully saturated rings. The van der Waals surface area contributed by atoms with Crippen LogP contribution in [0.5, 0.6) is 0 Å². The minimum atomic E-state index is -0.0495. The maximum atomic E-state index is 9.60. The third-order valence-electron chi connectivity index (χ3n) is 3.53. The van der Waals surface area contributed by atoms with E-state index < -0.39 is 0 Å². The van der Waals surface area contributed by atoms with Crippen molar-refractivity contribution in [1.82, 2.24) is 5.32 Å². The Morgan fingerprint density at radius 3 is 2.58 bits per heavy atom. The van der Waals surface area contributed by atoms with Crippen LogP contribution in [0.2, 0.25) is 0 Å². The summed E-state index contributed by atoms with van der Waals surface area (Å²) in [5, 5.41) is 13.1. The van der Waals surface area contributed by atoms with E-state index in [1.165, 1.54) is 0 Å². The highest BCUT2D eigenvalue weighted by molar-refractivity contribution is 5.20. The average Bonchev–Trinajstić information content (AvgIpc) is 2.88. The van der Waals surface area contributed by atoms with Gasteiger partial charge in [-0.1, -0.05) is 37.3 Å². The van der Waals surface area contributed by atoms with E-state index in [1.54, 1.807) is 0 Å². The molecule has 1 aliphatic heterocycles. The average molecular weight is 261 g/mol. The summed E-state index contributed by atoms with van der Waals surface area (Å²) in [6.07, 6.45) is 4.35. The Kier molecular flexibility index (Phi) is 5.00.